The number of nitrogens with zero attached hydrogens (tertiary/aromatic N) is 2. The zero-order valence-corrected chi connectivity index (χ0v) is 11.6. The molecule has 1 atom stereocenters. The lowest BCUT2D eigenvalue weighted by Gasteiger charge is -2.23. The predicted molar refractivity (Wildman–Crippen MR) is 73.4 cm³/mol. The zero-order chi connectivity index (χ0) is 12.5. The van der Waals surface area contributed by atoms with E-state index in [-0.39, 0.29) is 0 Å². The van der Waals surface area contributed by atoms with Crippen LogP contribution in [0.15, 0.2) is 34.9 Å². The van der Waals surface area contributed by atoms with Gasteiger partial charge < -0.3 is 9.67 Å². The molecule has 1 aromatic heterocycles. The molecule has 0 fully saturated rings. The SMILES string of the molecule is OC1CCCc2cnc(Cc3ccccc3Br)n21. The third-order valence-electron chi connectivity index (χ3n) is 3.45. The predicted octanol–water partition coefficient (Wildman–Crippen LogP) is 3.06. The van der Waals surface area contributed by atoms with Gasteiger partial charge in [0.2, 0.25) is 0 Å². The van der Waals surface area contributed by atoms with E-state index < -0.39 is 6.23 Å². The van der Waals surface area contributed by atoms with Gasteiger partial charge in [0.15, 0.2) is 0 Å². The highest BCUT2D eigenvalue weighted by Gasteiger charge is 2.21. The number of hydrogen-bond acceptors (Lipinski definition) is 2. The van der Waals surface area contributed by atoms with E-state index in [2.05, 4.69) is 27.0 Å². The number of hydrogen-bond donors (Lipinski definition) is 1. The van der Waals surface area contributed by atoms with Gasteiger partial charge in [-0.3, -0.25) is 0 Å². The number of aromatic nitrogens is 2. The topological polar surface area (TPSA) is 38.1 Å². The molecule has 1 N–H and O–H groups in total. The second-order valence-electron chi connectivity index (χ2n) is 4.68. The summed E-state index contributed by atoms with van der Waals surface area (Å²) in [4.78, 5) is 4.47. The maximum atomic E-state index is 10.1. The number of benzene rings is 1. The molecular weight excluding hydrogens is 292 g/mol. The Morgan fingerprint density at radius 2 is 2.22 bits per heavy atom. The monoisotopic (exact) mass is 306 g/mol. The highest BCUT2D eigenvalue weighted by Crippen LogP contribution is 2.27. The van der Waals surface area contributed by atoms with Crippen molar-refractivity contribution in [2.24, 2.45) is 0 Å². The first-order chi connectivity index (χ1) is 8.75. The van der Waals surface area contributed by atoms with Crippen LogP contribution in [-0.2, 0) is 12.8 Å². The Morgan fingerprint density at radius 1 is 1.39 bits per heavy atom. The highest BCUT2D eigenvalue weighted by atomic mass is 79.9. The van der Waals surface area contributed by atoms with Gasteiger partial charge in [0.1, 0.15) is 12.1 Å². The van der Waals surface area contributed by atoms with Crippen LogP contribution in [0, 0.1) is 0 Å². The Labute approximate surface area is 115 Å². The zero-order valence-electron chi connectivity index (χ0n) is 10.0. The fraction of sp³-hybridized carbons (Fsp3) is 0.357. The van der Waals surface area contributed by atoms with Gasteiger partial charge in [-0.05, 0) is 30.9 Å². The van der Waals surface area contributed by atoms with Crippen molar-refractivity contribution >= 4 is 15.9 Å². The minimum Gasteiger partial charge on any atom is -0.373 e. The van der Waals surface area contributed by atoms with Crippen LogP contribution < -0.4 is 0 Å². The molecule has 1 aliphatic rings. The molecule has 0 amide bonds. The van der Waals surface area contributed by atoms with Crippen LogP contribution in [0.3, 0.4) is 0 Å². The van der Waals surface area contributed by atoms with E-state index in [1.54, 1.807) is 0 Å². The van der Waals surface area contributed by atoms with Crippen LogP contribution >= 0.6 is 15.9 Å². The van der Waals surface area contributed by atoms with Crippen LogP contribution in [0.4, 0.5) is 0 Å². The molecule has 0 saturated heterocycles. The van der Waals surface area contributed by atoms with E-state index in [4.69, 9.17) is 0 Å². The average molecular weight is 307 g/mol. The Morgan fingerprint density at radius 3 is 3.06 bits per heavy atom. The molecule has 0 bridgehead atoms. The van der Waals surface area contributed by atoms with E-state index in [0.29, 0.717) is 0 Å². The lowest BCUT2D eigenvalue weighted by atomic mass is 10.1. The number of imidazole rings is 1. The molecule has 1 unspecified atom stereocenters. The molecule has 3 rings (SSSR count). The van der Waals surface area contributed by atoms with Crippen molar-refractivity contribution in [2.45, 2.75) is 31.9 Å². The van der Waals surface area contributed by atoms with E-state index >= 15 is 0 Å². The molecule has 1 aliphatic heterocycles. The minimum atomic E-state index is -0.409. The summed E-state index contributed by atoms with van der Waals surface area (Å²) in [5.74, 6) is 0.948. The van der Waals surface area contributed by atoms with E-state index in [1.165, 1.54) is 5.56 Å². The van der Waals surface area contributed by atoms with Crippen molar-refractivity contribution in [3.05, 3.63) is 52.0 Å². The van der Waals surface area contributed by atoms with Crippen LogP contribution in [0.1, 0.15) is 36.2 Å². The van der Waals surface area contributed by atoms with E-state index in [0.717, 1.165) is 41.7 Å². The fourth-order valence-electron chi connectivity index (χ4n) is 2.53. The lowest BCUT2D eigenvalue weighted by molar-refractivity contribution is 0.0762. The molecule has 0 radical (unpaired) electrons. The number of aliphatic hydroxyl groups is 1. The van der Waals surface area contributed by atoms with Crippen molar-refractivity contribution in [3.8, 4) is 0 Å². The smallest absolute Gasteiger partial charge is 0.132 e. The first-order valence-corrected chi connectivity index (χ1v) is 7.01. The summed E-state index contributed by atoms with van der Waals surface area (Å²) >= 11 is 3.55. The van der Waals surface area contributed by atoms with Crippen molar-refractivity contribution in [1.82, 2.24) is 9.55 Å². The van der Waals surface area contributed by atoms with Crippen molar-refractivity contribution in [2.75, 3.05) is 0 Å². The highest BCUT2D eigenvalue weighted by molar-refractivity contribution is 9.10. The number of halogens is 1. The molecular formula is C14H15BrN2O. The molecule has 4 heteroatoms. The van der Waals surface area contributed by atoms with Gasteiger partial charge in [-0.1, -0.05) is 34.1 Å². The first kappa shape index (κ1) is 11.9. The average Bonchev–Trinajstić information content (AvgIpc) is 2.77. The molecule has 94 valence electrons. The largest absolute Gasteiger partial charge is 0.373 e. The molecule has 18 heavy (non-hydrogen) atoms. The van der Waals surface area contributed by atoms with Gasteiger partial charge >= 0.3 is 0 Å². The Balaban J connectivity index is 1.95. The normalized spacial score (nSPS) is 18.7. The van der Waals surface area contributed by atoms with Gasteiger partial charge in [0.25, 0.3) is 0 Å². The molecule has 0 saturated carbocycles. The fourth-order valence-corrected chi connectivity index (χ4v) is 2.95. The van der Waals surface area contributed by atoms with Crippen molar-refractivity contribution < 1.29 is 5.11 Å². The molecule has 2 heterocycles. The summed E-state index contributed by atoms with van der Waals surface area (Å²) in [6, 6.07) is 8.15. The third-order valence-corrected chi connectivity index (χ3v) is 4.22. The Kier molecular flexibility index (Phi) is 3.22. The number of aliphatic hydroxyl groups excluding tert-OH is 1. The van der Waals surface area contributed by atoms with Crippen LogP contribution in [0.5, 0.6) is 0 Å². The van der Waals surface area contributed by atoms with Gasteiger partial charge in [-0.25, -0.2) is 4.98 Å². The van der Waals surface area contributed by atoms with Crippen LogP contribution in [0.25, 0.3) is 0 Å². The second-order valence-corrected chi connectivity index (χ2v) is 5.53. The molecule has 0 aliphatic carbocycles. The summed E-state index contributed by atoms with van der Waals surface area (Å²) < 4.78 is 3.08. The van der Waals surface area contributed by atoms with Crippen molar-refractivity contribution in [3.63, 3.8) is 0 Å². The van der Waals surface area contributed by atoms with Gasteiger partial charge in [0, 0.05) is 22.8 Å². The summed E-state index contributed by atoms with van der Waals surface area (Å²) in [5.41, 5.74) is 2.35. The van der Waals surface area contributed by atoms with Crippen molar-refractivity contribution in [1.29, 1.82) is 0 Å². The standard InChI is InChI=1S/C14H15BrN2O/c15-12-6-2-1-4-10(12)8-13-16-9-11-5-3-7-14(18)17(11)13/h1-2,4,6,9,14,18H,3,5,7-8H2. The van der Waals surface area contributed by atoms with E-state index in [9.17, 15) is 5.11 Å². The lowest BCUT2D eigenvalue weighted by Crippen LogP contribution is -2.19. The first-order valence-electron chi connectivity index (χ1n) is 6.22. The summed E-state index contributed by atoms with van der Waals surface area (Å²) in [7, 11) is 0. The third kappa shape index (κ3) is 2.10. The second kappa shape index (κ2) is 4.86. The Hall–Kier alpha value is -1.13. The van der Waals surface area contributed by atoms with Gasteiger partial charge in [-0.2, -0.15) is 0 Å². The van der Waals surface area contributed by atoms with Gasteiger partial charge in [0.05, 0.1) is 0 Å². The number of fused-ring (bicyclic) bond motifs is 1. The Bertz CT molecular complexity index is 565. The minimum absolute atomic E-state index is 0.409. The quantitative estimate of drug-likeness (QED) is 0.926. The summed E-state index contributed by atoms with van der Waals surface area (Å²) in [6.07, 6.45) is 5.12. The number of aryl methyl sites for hydroxylation is 1. The maximum absolute atomic E-state index is 10.1. The van der Waals surface area contributed by atoms with E-state index in [1.807, 2.05) is 29.0 Å². The van der Waals surface area contributed by atoms with Gasteiger partial charge in [-0.15, -0.1) is 0 Å². The maximum Gasteiger partial charge on any atom is 0.132 e. The summed E-state index contributed by atoms with van der Waals surface area (Å²) in [6.45, 7) is 0. The number of rotatable bonds is 2. The molecule has 2 aromatic rings. The molecule has 0 spiro atoms. The summed E-state index contributed by atoms with van der Waals surface area (Å²) in [5, 5.41) is 10.1. The van der Waals surface area contributed by atoms with Crippen LogP contribution in [-0.4, -0.2) is 14.7 Å². The van der Waals surface area contributed by atoms with Crippen LogP contribution in [0.2, 0.25) is 0 Å². The molecule has 1 aromatic carbocycles. The molecule has 3 nitrogen and oxygen atoms in total.